The molecule has 1 amide bonds. The Morgan fingerprint density at radius 1 is 1.00 bits per heavy atom. The van der Waals surface area contributed by atoms with Crippen molar-refractivity contribution in [1.82, 2.24) is 24.9 Å². The number of likely N-dealkylation sites (tertiary alicyclic amines) is 1. The van der Waals surface area contributed by atoms with E-state index in [0.717, 1.165) is 18.4 Å². The summed E-state index contributed by atoms with van der Waals surface area (Å²) >= 11 is 0. The Kier molecular flexibility index (Phi) is 6.13. The predicted octanol–water partition coefficient (Wildman–Crippen LogP) is 4.12. The summed E-state index contributed by atoms with van der Waals surface area (Å²) in [5, 5.41) is 8.38. The third-order valence-electron chi connectivity index (χ3n) is 6.32. The second kappa shape index (κ2) is 9.54. The first-order chi connectivity index (χ1) is 17.1. The fraction of sp³-hybridized carbons (Fsp3) is 0.269. The molecule has 9 nitrogen and oxygen atoms in total. The average molecular weight is 472 g/mol. The van der Waals surface area contributed by atoms with E-state index in [-0.39, 0.29) is 23.6 Å². The van der Waals surface area contributed by atoms with Gasteiger partial charge < -0.3 is 14.1 Å². The molecule has 2 atom stereocenters. The number of nitrogens with zero attached hydrogens (tertiary/aromatic N) is 5. The van der Waals surface area contributed by atoms with E-state index in [1.54, 1.807) is 18.5 Å². The van der Waals surface area contributed by atoms with Crippen LogP contribution in [0.2, 0.25) is 0 Å². The molecule has 1 aliphatic heterocycles. The van der Waals surface area contributed by atoms with Gasteiger partial charge in [0.25, 0.3) is 5.91 Å². The first kappa shape index (κ1) is 22.5. The SMILES string of the molecule is COC(=O)c1nc(C2CC[C@@H](C)N(C(=O)c3ccccc3-n3nccn3)C2)oc1-c1ccccc1. The van der Waals surface area contributed by atoms with Crippen molar-refractivity contribution in [3.05, 3.63) is 84.1 Å². The third kappa shape index (κ3) is 4.32. The largest absolute Gasteiger partial charge is 0.464 e. The van der Waals surface area contributed by atoms with Crippen molar-refractivity contribution in [3.63, 3.8) is 0 Å². The molecular formula is C26H25N5O4. The number of hydrogen-bond donors (Lipinski definition) is 0. The van der Waals surface area contributed by atoms with Gasteiger partial charge >= 0.3 is 5.97 Å². The van der Waals surface area contributed by atoms with Crippen LogP contribution in [-0.2, 0) is 4.74 Å². The maximum atomic E-state index is 13.7. The number of para-hydroxylation sites is 1. The van der Waals surface area contributed by atoms with Crippen molar-refractivity contribution < 1.29 is 18.7 Å². The topological polar surface area (TPSA) is 103 Å². The van der Waals surface area contributed by atoms with Crippen LogP contribution in [0.1, 0.15) is 52.4 Å². The highest BCUT2D eigenvalue weighted by molar-refractivity contribution is 5.98. The molecular weight excluding hydrogens is 446 g/mol. The number of amides is 1. The second-order valence-corrected chi connectivity index (χ2v) is 8.50. The highest BCUT2D eigenvalue weighted by atomic mass is 16.5. The Hall–Kier alpha value is -4.27. The number of carbonyl (C=O) groups is 2. The van der Waals surface area contributed by atoms with Crippen molar-refractivity contribution in [1.29, 1.82) is 0 Å². The predicted molar refractivity (Wildman–Crippen MR) is 127 cm³/mol. The molecule has 2 aromatic carbocycles. The molecule has 4 aromatic rings. The number of piperidine rings is 1. The molecule has 0 spiro atoms. The zero-order valence-corrected chi connectivity index (χ0v) is 19.5. The van der Waals surface area contributed by atoms with E-state index >= 15 is 0 Å². The van der Waals surface area contributed by atoms with Crippen molar-refractivity contribution in [2.45, 2.75) is 31.7 Å². The fourth-order valence-electron chi connectivity index (χ4n) is 4.45. The van der Waals surface area contributed by atoms with Gasteiger partial charge in [-0.1, -0.05) is 42.5 Å². The minimum Gasteiger partial charge on any atom is -0.464 e. The average Bonchev–Trinajstić information content (AvgIpc) is 3.60. The summed E-state index contributed by atoms with van der Waals surface area (Å²) in [6.45, 7) is 2.45. The number of esters is 1. The molecule has 3 heterocycles. The summed E-state index contributed by atoms with van der Waals surface area (Å²) in [7, 11) is 1.32. The molecule has 178 valence electrons. The molecule has 35 heavy (non-hydrogen) atoms. The summed E-state index contributed by atoms with van der Waals surface area (Å²) in [6.07, 6.45) is 4.71. The van der Waals surface area contributed by atoms with E-state index < -0.39 is 5.97 Å². The number of hydrogen-bond acceptors (Lipinski definition) is 7. The maximum absolute atomic E-state index is 13.7. The Morgan fingerprint density at radius 3 is 2.46 bits per heavy atom. The van der Waals surface area contributed by atoms with Crippen molar-refractivity contribution in [2.24, 2.45) is 0 Å². The number of benzene rings is 2. The van der Waals surface area contributed by atoms with Gasteiger partial charge in [-0.05, 0) is 31.9 Å². The minimum atomic E-state index is -0.559. The standard InChI is InChI=1S/C26H25N5O4/c1-17-12-13-19(24-29-22(26(33)34-2)23(35-24)18-8-4-3-5-9-18)16-30(17)25(32)20-10-6-7-11-21(20)31-27-14-15-28-31/h3-11,14-15,17,19H,12-13,16H2,1-2H3/t17-,19?/m1/s1. The van der Waals surface area contributed by atoms with Gasteiger partial charge in [0.15, 0.2) is 11.5 Å². The minimum absolute atomic E-state index is 0.0287. The first-order valence-corrected chi connectivity index (χ1v) is 11.5. The van der Waals surface area contributed by atoms with E-state index in [4.69, 9.17) is 9.15 Å². The molecule has 0 saturated carbocycles. The molecule has 0 N–H and O–H groups in total. The van der Waals surface area contributed by atoms with Crippen LogP contribution in [-0.4, -0.2) is 56.5 Å². The smallest absolute Gasteiger partial charge is 0.360 e. The third-order valence-corrected chi connectivity index (χ3v) is 6.32. The Bertz CT molecular complexity index is 1330. The number of aromatic nitrogens is 4. The number of methoxy groups -OCH3 is 1. The highest BCUT2D eigenvalue weighted by Gasteiger charge is 2.35. The number of carbonyl (C=O) groups excluding carboxylic acids is 2. The van der Waals surface area contributed by atoms with Gasteiger partial charge in [-0.15, -0.1) is 0 Å². The maximum Gasteiger partial charge on any atom is 0.360 e. The zero-order chi connectivity index (χ0) is 24.4. The second-order valence-electron chi connectivity index (χ2n) is 8.50. The van der Waals surface area contributed by atoms with Crippen molar-refractivity contribution >= 4 is 11.9 Å². The van der Waals surface area contributed by atoms with E-state index in [9.17, 15) is 9.59 Å². The van der Waals surface area contributed by atoms with Crippen molar-refractivity contribution in [2.75, 3.05) is 13.7 Å². The molecule has 5 rings (SSSR count). The van der Waals surface area contributed by atoms with Crippen LogP contribution in [0.4, 0.5) is 0 Å². The molecule has 0 bridgehead atoms. The summed E-state index contributed by atoms with van der Waals surface area (Å²) in [4.78, 5) is 33.9. The molecule has 9 heteroatoms. The highest BCUT2D eigenvalue weighted by Crippen LogP contribution is 2.35. The lowest BCUT2D eigenvalue weighted by atomic mass is 9.92. The van der Waals surface area contributed by atoms with Gasteiger partial charge in [0, 0.05) is 18.2 Å². The first-order valence-electron chi connectivity index (χ1n) is 11.5. The summed E-state index contributed by atoms with van der Waals surface area (Å²) in [5.74, 6) is -0.0317. The van der Waals surface area contributed by atoms with Crippen LogP contribution < -0.4 is 0 Å². The Labute approximate surface area is 202 Å². The Balaban J connectivity index is 1.46. The summed E-state index contributed by atoms with van der Waals surface area (Å²) < 4.78 is 11.1. The number of ether oxygens (including phenoxy) is 1. The van der Waals surface area contributed by atoms with E-state index in [1.807, 2.05) is 60.4 Å². The molecule has 0 aliphatic carbocycles. The lowest BCUT2D eigenvalue weighted by Crippen LogP contribution is -2.45. The van der Waals surface area contributed by atoms with Gasteiger partial charge in [-0.3, -0.25) is 4.79 Å². The summed E-state index contributed by atoms with van der Waals surface area (Å²) in [6, 6.07) is 16.7. The lowest BCUT2D eigenvalue weighted by Gasteiger charge is -2.37. The molecule has 0 radical (unpaired) electrons. The van der Waals surface area contributed by atoms with Crippen LogP contribution in [0.3, 0.4) is 0 Å². The van der Waals surface area contributed by atoms with E-state index in [0.29, 0.717) is 29.4 Å². The van der Waals surface area contributed by atoms with E-state index in [2.05, 4.69) is 15.2 Å². The molecule has 1 aliphatic rings. The van der Waals surface area contributed by atoms with Gasteiger partial charge in [0.1, 0.15) is 0 Å². The van der Waals surface area contributed by atoms with Crippen LogP contribution in [0.25, 0.3) is 17.0 Å². The van der Waals surface area contributed by atoms with Crippen molar-refractivity contribution in [3.8, 4) is 17.0 Å². The Morgan fingerprint density at radius 2 is 1.71 bits per heavy atom. The van der Waals surface area contributed by atoms with Gasteiger partial charge in [-0.25, -0.2) is 9.78 Å². The zero-order valence-electron chi connectivity index (χ0n) is 19.5. The number of oxazole rings is 1. The quantitative estimate of drug-likeness (QED) is 0.403. The van der Waals surface area contributed by atoms with Gasteiger partial charge in [0.05, 0.1) is 36.7 Å². The number of rotatable bonds is 5. The van der Waals surface area contributed by atoms with E-state index in [1.165, 1.54) is 11.9 Å². The lowest BCUT2D eigenvalue weighted by molar-refractivity contribution is 0.0583. The summed E-state index contributed by atoms with van der Waals surface area (Å²) in [5.41, 5.74) is 2.01. The molecule has 1 saturated heterocycles. The molecule has 1 fully saturated rings. The molecule has 1 unspecified atom stereocenters. The van der Waals surface area contributed by atoms with Gasteiger partial charge in [0.2, 0.25) is 5.89 Å². The molecule has 2 aromatic heterocycles. The van der Waals surface area contributed by atoms with Crippen LogP contribution in [0, 0.1) is 0 Å². The van der Waals surface area contributed by atoms with Gasteiger partial charge in [-0.2, -0.15) is 15.0 Å². The normalized spacial score (nSPS) is 17.8. The van der Waals surface area contributed by atoms with Crippen LogP contribution >= 0.6 is 0 Å². The fourth-order valence-corrected chi connectivity index (χ4v) is 4.45. The monoisotopic (exact) mass is 471 g/mol. The van der Waals surface area contributed by atoms with Crippen LogP contribution in [0.15, 0.2) is 71.4 Å². The van der Waals surface area contributed by atoms with Crippen LogP contribution in [0.5, 0.6) is 0 Å².